The molecule has 2 aliphatic heterocycles. The highest BCUT2D eigenvalue weighted by Crippen LogP contribution is 2.29. The number of carbonyl (C=O) groups excluding carboxylic acids is 1. The summed E-state index contributed by atoms with van der Waals surface area (Å²) in [4.78, 5) is 25.6. The second-order valence-electron chi connectivity index (χ2n) is 6.32. The van der Waals surface area contributed by atoms with Crippen molar-refractivity contribution in [2.24, 2.45) is 5.92 Å². The van der Waals surface area contributed by atoms with Crippen LogP contribution in [0.15, 0.2) is 12.3 Å². The number of carboxylic acids is 1. The molecule has 3 rings (SSSR count). The van der Waals surface area contributed by atoms with Crippen molar-refractivity contribution in [1.29, 1.82) is 0 Å². The Bertz CT molecular complexity index is 565. The predicted octanol–water partition coefficient (Wildman–Crippen LogP) is 1.10. The number of aromatic nitrogens is 2. The summed E-state index contributed by atoms with van der Waals surface area (Å²) in [5.74, 6) is -0.441. The van der Waals surface area contributed by atoms with E-state index in [1.54, 1.807) is 6.20 Å². The van der Waals surface area contributed by atoms with Crippen LogP contribution in [0.25, 0.3) is 0 Å². The molecule has 1 aromatic rings. The van der Waals surface area contributed by atoms with E-state index in [1.165, 1.54) is 4.68 Å². The monoisotopic (exact) mass is 321 g/mol. The summed E-state index contributed by atoms with van der Waals surface area (Å²) in [6, 6.07) is 1.87. The third-order valence-electron chi connectivity index (χ3n) is 4.76. The summed E-state index contributed by atoms with van der Waals surface area (Å²) in [7, 11) is 0. The Kier molecular flexibility index (Phi) is 4.95. The summed E-state index contributed by atoms with van der Waals surface area (Å²) >= 11 is 0. The Labute approximate surface area is 135 Å². The van der Waals surface area contributed by atoms with Gasteiger partial charge in [-0.3, -0.25) is 14.3 Å². The molecule has 0 aromatic carbocycles. The fraction of sp³-hybridized carbons (Fsp3) is 0.688. The van der Waals surface area contributed by atoms with Gasteiger partial charge in [-0.15, -0.1) is 0 Å². The van der Waals surface area contributed by atoms with Crippen LogP contribution in [0, 0.1) is 5.92 Å². The van der Waals surface area contributed by atoms with Gasteiger partial charge in [0.1, 0.15) is 6.54 Å². The maximum Gasteiger partial charge on any atom is 0.325 e. The number of carboxylic acid groups (broad SMARTS) is 1. The molecular weight excluding hydrogens is 298 g/mol. The quantitative estimate of drug-likeness (QED) is 0.897. The fourth-order valence-corrected chi connectivity index (χ4v) is 3.57. The summed E-state index contributed by atoms with van der Waals surface area (Å²) < 4.78 is 6.87. The predicted molar refractivity (Wildman–Crippen MR) is 82.0 cm³/mol. The van der Waals surface area contributed by atoms with E-state index >= 15 is 0 Å². The highest BCUT2D eigenvalue weighted by Gasteiger charge is 2.31. The molecule has 7 heteroatoms. The third-order valence-corrected chi connectivity index (χ3v) is 4.76. The van der Waals surface area contributed by atoms with Gasteiger partial charge in [0.25, 0.3) is 0 Å². The molecule has 2 aliphatic rings. The molecule has 0 spiro atoms. The van der Waals surface area contributed by atoms with Gasteiger partial charge in [0.2, 0.25) is 5.91 Å². The summed E-state index contributed by atoms with van der Waals surface area (Å²) in [5, 5.41) is 13.1. The third kappa shape index (κ3) is 3.72. The molecule has 1 aromatic heterocycles. The number of hydrogen-bond donors (Lipinski definition) is 1. The zero-order chi connectivity index (χ0) is 16.2. The Morgan fingerprint density at radius 3 is 2.83 bits per heavy atom. The van der Waals surface area contributed by atoms with Crippen LogP contribution in [0.2, 0.25) is 0 Å². The van der Waals surface area contributed by atoms with Gasteiger partial charge in [-0.1, -0.05) is 0 Å². The van der Waals surface area contributed by atoms with Crippen LogP contribution >= 0.6 is 0 Å². The fourth-order valence-electron chi connectivity index (χ4n) is 3.57. The van der Waals surface area contributed by atoms with Crippen molar-refractivity contribution in [2.45, 2.75) is 38.1 Å². The molecule has 0 saturated carbocycles. The maximum atomic E-state index is 12.7. The van der Waals surface area contributed by atoms with Crippen LogP contribution in [-0.4, -0.2) is 58.0 Å². The average Bonchev–Trinajstić information content (AvgIpc) is 3.02. The van der Waals surface area contributed by atoms with Crippen LogP contribution < -0.4 is 0 Å². The largest absolute Gasteiger partial charge is 0.480 e. The lowest BCUT2D eigenvalue weighted by atomic mass is 9.92. The van der Waals surface area contributed by atoms with E-state index in [0.717, 1.165) is 37.9 Å². The molecule has 1 N–H and O–H groups in total. The van der Waals surface area contributed by atoms with E-state index in [4.69, 9.17) is 9.84 Å². The van der Waals surface area contributed by atoms with Gasteiger partial charge in [0, 0.05) is 50.0 Å². The first-order valence-corrected chi connectivity index (χ1v) is 8.25. The van der Waals surface area contributed by atoms with Gasteiger partial charge in [0.05, 0.1) is 0 Å². The van der Waals surface area contributed by atoms with Gasteiger partial charge in [0.15, 0.2) is 0 Å². The zero-order valence-corrected chi connectivity index (χ0v) is 13.2. The van der Waals surface area contributed by atoms with E-state index in [0.29, 0.717) is 19.8 Å². The number of aliphatic carboxylic acids is 1. The molecule has 2 fully saturated rings. The van der Waals surface area contributed by atoms with Crippen LogP contribution in [0.1, 0.15) is 37.3 Å². The number of rotatable bonds is 4. The lowest BCUT2D eigenvalue weighted by molar-refractivity contribution is -0.140. The smallest absolute Gasteiger partial charge is 0.325 e. The molecule has 2 saturated heterocycles. The molecule has 7 nitrogen and oxygen atoms in total. The topological polar surface area (TPSA) is 84.7 Å². The number of likely N-dealkylation sites (tertiary alicyclic amines) is 1. The van der Waals surface area contributed by atoms with Gasteiger partial charge in [-0.2, -0.15) is 5.10 Å². The van der Waals surface area contributed by atoms with E-state index in [2.05, 4.69) is 5.10 Å². The minimum atomic E-state index is -0.902. The number of nitrogens with zero attached hydrogens (tertiary/aromatic N) is 3. The Balaban J connectivity index is 1.67. The van der Waals surface area contributed by atoms with Crippen LogP contribution in [-0.2, 0) is 20.9 Å². The summed E-state index contributed by atoms with van der Waals surface area (Å²) in [6.07, 6.45) is 5.14. The average molecular weight is 321 g/mol. The lowest BCUT2D eigenvalue weighted by Gasteiger charge is -2.36. The van der Waals surface area contributed by atoms with E-state index in [-0.39, 0.29) is 24.3 Å². The van der Waals surface area contributed by atoms with Gasteiger partial charge >= 0.3 is 5.97 Å². The van der Waals surface area contributed by atoms with Gasteiger partial charge < -0.3 is 14.7 Å². The number of amides is 1. The highest BCUT2D eigenvalue weighted by molar-refractivity contribution is 5.79. The van der Waals surface area contributed by atoms with Crippen molar-refractivity contribution >= 4 is 11.9 Å². The minimum absolute atomic E-state index is 0.0754. The maximum absolute atomic E-state index is 12.7. The lowest BCUT2D eigenvalue weighted by Crippen LogP contribution is -2.44. The Morgan fingerprint density at radius 2 is 2.09 bits per heavy atom. The minimum Gasteiger partial charge on any atom is -0.480 e. The van der Waals surface area contributed by atoms with Gasteiger partial charge in [-0.25, -0.2) is 0 Å². The van der Waals surface area contributed by atoms with Crippen molar-refractivity contribution in [3.8, 4) is 0 Å². The van der Waals surface area contributed by atoms with E-state index in [1.807, 2.05) is 11.0 Å². The van der Waals surface area contributed by atoms with E-state index < -0.39 is 5.97 Å². The zero-order valence-electron chi connectivity index (χ0n) is 13.2. The van der Waals surface area contributed by atoms with Crippen molar-refractivity contribution in [1.82, 2.24) is 14.7 Å². The summed E-state index contributed by atoms with van der Waals surface area (Å²) in [5.41, 5.74) is 0.914. The van der Waals surface area contributed by atoms with Crippen molar-refractivity contribution in [3.63, 3.8) is 0 Å². The number of carbonyl (C=O) groups is 2. The molecule has 23 heavy (non-hydrogen) atoms. The van der Waals surface area contributed by atoms with Crippen LogP contribution in [0.4, 0.5) is 0 Å². The molecule has 3 heterocycles. The molecule has 1 atom stereocenters. The molecule has 0 aliphatic carbocycles. The van der Waals surface area contributed by atoms with Crippen LogP contribution in [0.3, 0.4) is 0 Å². The van der Waals surface area contributed by atoms with Crippen molar-refractivity contribution in [2.75, 3.05) is 26.3 Å². The second-order valence-corrected chi connectivity index (χ2v) is 6.32. The Hall–Kier alpha value is -1.89. The molecule has 0 radical (unpaired) electrons. The van der Waals surface area contributed by atoms with Gasteiger partial charge in [-0.05, 0) is 31.7 Å². The Morgan fingerprint density at radius 1 is 1.30 bits per heavy atom. The second kappa shape index (κ2) is 7.12. The van der Waals surface area contributed by atoms with Crippen molar-refractivity contribution < 1.29 is 19.4 Å². The SMILES string of the molecule is O=C(O)Cn1nccc1[C@H]1CCCN(C(=O)C2CCOCC2)C1. The molecule has 0 bridgehead atoms. The highest BCUT2D eigenvalue weighted by atomic mass is 16.5. The molecule has 0 unspecified atom stereocenters. The van der Waals surface area contributed by atoms with Crippen LogP contribution in [0.5, 0.6) is 0 Å². The summed E-state index contributed by atoms with van der Waals surface area (Å²) in [6.45, 7) is 2.64. The first-order chi connectivity index (χ1) is 11.1. The number of piperidine rings is 1. The normalized spacial score (nSPS) is 23.0. The first-order valence-electron chi connectivity index (χ1n) is 8.25. The first kappa shape index (κ1) is 16.0. The molecule has 1 amide bonds. The molecule has 126 valence electrons. The number of ether oxygens (including phenoxy) is 1. The van der Waals surface area contributed by atoms with Crippen molar-refractivity contribution in [3.05, 3.63) is 18.0 Å². The number of hydrogen-bond acceptors (Lipinski definition) is 4. The van der Waals surface area contributed by atoms with E-state index in [9.17, 15) is 9.59 Å². The standard InChI is InChI=1S/C16H23N3O4/c20-15(21)11-19-14(3-6-17-19)13-2-1-7-18(10-13)16(22)12-4-8-23-9-5-12/h3,6,12-13H,1-2,4-5,7-11H2,(H,20,21)/t13-/m0/s1. The molecular formula is C16H23N3O4.